The minimum absolute atomic E-state index is 0.0339. The largest absolute Gasteiger partial charge is 0.307 e. The number of amides is 1. The zero-order valence-corrected chi connectivity index (χ0v) is 13.0. The molecule has 0 N–H and O–H groups in total. The van der Waals surface area contributed by atoms with Crippen molar-refractivity contribution in [2.75, 3.05) is 4.90 Å². The first-order valence-electron chi connectivity index (χ1n) is 7.94. The Hall–Kier alpha value is -2.94. The third-order valence-corrected chi connectivity index (χ3v) is 4.44. The summed E-state index contributed by atoms with van der Waals surface area (Å²) in [7, 11) is 0. The Morgan fingerprint density at radius 1 is 0.833 bits per heavy atom. The van der Waals surface area contributed by atoms with Crippen molar-refractivity contribution in [2.24, 2.45) is 0 Å². The number of carbonyl (C=O) groups excluding carboxylic acids is 1. The molecule has 1 aliphatic rings. The van der Waals surface area contributed by atoms with Crippen LogP contribution < -0.4 is 4.90 Å². The molecule has 3 aromatic rings. The number of nitrogens with zero attached hydrogens (tertiary/aromatic N) is 1. The molecule has 0 aromatic heterocycles. The van der Waals surface area contributed by atoms with E-state index in [0.717, 1.165) is 22.4 Å². The quantitative estimate of drug-likeness (QED) is 0.696. The Bertz CT molecular complexity index is 874. The van der Waals surface area contributed by atoms with Crippen LogP contribution >= 0.6 is 0 Å². The lowest BCUT2D eigenvalue weighted by molar-refractivity contribution is -0.118. The molecular weight excluding hydrogens is 301 g/mol. The molecule has 0 radical (unpaired) electrons. The van der Waals surface area contributed by atoms with Crippen molar-refractivity contribution in [1.29, 1.82) is 0 Å². The lowest BCUT2D eigenvalue weighted by Gasteiger charge is -2.18. The van der Waals surface area contributed by atoms with Gasteiger partial charge in [0.15, 0.2) is 0 Å². The molecule has 0 spiro atoms. The number of rotatable bonds is 3. The lowest BCUT2D eigenvalue weighted by atomic mass is 9.93. The van der Waals surface area contributed by atoms with E-state index in [-0.39, 0.29) is 17.6 Å². The molecule has 0 fully saturated rings. The molecular formula is C21H16FNO. The number of fused-ring (bicyclic) bond motifs is 1. The van der Waals surface area contributed by atoms with Gasteiger partial charge in [-0.15, -0.1) is 0 Å². The summed E-state index contributed by atoms with van der Waals surface area (Å²) in [6.45, 7) is 0.536. The summed E-state index contributed by atoms with van der Waals surface area (Å²) in [5.74, 6) is -0.629. The van der Waals surface area contributed by atoms with E-state index in [1.165, 1.54) is 12.1 Å². The first-order chi connectivity index (χ1) is 11.7. The molecule has 1 unspecified atom stereocenters. The normalized spacial score (nSPS) is 16.3. The summed E-state index contributed by atoms with van der Waals surface area (Å²) in [6.07, 6.45) is 0. The molecule has 24 heavy (non-hydrogen) atoms. The average Bonchev–Trinajstić information content (AvgIpc) is 2.89. The summed E-state index contributed by atoms with van der Waals surface area (Å²) < 4.78 is 13.2. The van der Waals surface area contributed by atoms with Gasteiger partial charge in [0.2, 0.25) is 5.91 Å². The Morgan fingerprint density at radius 2 is 1.50 bits per heavy atom. The summed E-state index contributed by atoms with van der Waals surface area (Å²) in [5.41, 5.74) is 3.82. The highest BCUT2D eigenvalue weighted by molar-refractivity contribution is 6.06. The van der Waals surface area contributed by atoms with E-state index in [9.17, 15) is 9.18 Å². The second kappa shape index (κ2) is 5.93. The molecule has 1 atom stereocenters. The summed E-state index contributed by atoms with van der Waals surface area (Å²) in [5, 5.41) is 0. The van der Waals surface area contributed by atoms with Crippen LogP contribution in [0.5, 0.6) is 0 Å². The Morgan fingerprint density at radius 3 is 2.25 bits per heavy atom. The molecule has 2 nitrogen and oxygen atoms in total. The van der Waals surface area contributed by atoms with E-state index >= 15 is 0 Å². The predicted molar refractivity (Wildman–Crippen MR) is 92.3 cm³/mol. The van der Waals surface area contributed by atoms with Gasteiger partial charge in [0.25, 0.3) is 0 Å². The first-order valence-corrected chi connectivity index (χ1v) is 7.94. The molecule has 118 valence electrons. The predicted octanol–water partition coefficient (Wildman–Crippen LogP) is 4.50. The van der Waals surface area contributed by atoms with Gasteiger partial charge in [0, 0.05) is 5.69 Å². The number of hydrogen-bond acceptors (Lipinski definition) is 1. The standard InChI is InChI=1S/C21H16FNO/c22-17-12-10-16(11-13-17)20-18-8-4-5-9-19(18)23(21(20)24)14-15-6-2-1-3-7-15/h1-13,20H,14H2. The van der Waals surface area contributed by atoms with E-state index in [2.05, 4.69) is 0 Å². The van der Waals surface area contributed by atoms with Crippen LogP contribution in [0.3, 0.4) is 0 Å². The fraction of sp³-hybridized carbons (Fsp3) is 0.0952. The first kappa shape index (κ1) is 14.6. The Kier molecular flexibility index (Phi) is 3.62. The number of hydrogen-bond donors (Lipinski definition) is 0. The van der Waals surface area contributed by atoms with Crippen molar-refractivity contribution in [2.45, 2.75) is 12.5 Å². The zero-order chi connectivity index (χ0) is 16.5. The van der Waals surface area contributed by atoms with E-state index in [1.807, 2.05) is 59.5 Å². The van der Waals surface area contributed by atoms with Crippen molar-refractivity contribution in [3.05, 3.63) is 101 Å². The van der Waals surface area contributed by atoms with Crippen molar-refractivity contribution in [1.82, 2.24) is 0 Å². The van der Waals surface area contributed by atoms with Gasteiger partial charge in [-0.2, -0.15) is 0 Å². The molecule has 0 saturated heterocycles. The molecule has 0 saturated carbocycles. The number of carbonyl (C=O) groups is 1. The minimum Gasteiger partial charge on any atom is -0.307 e. The smallest absolute Gasteiger partial charge is 0.239 e. The molecule has 1 heterocycles. The number of anilines is 1. The summed E-state index contributed by atoms with van der Waals surface area (Å²) in [4.78, 5) is 14.9. The summed E-state index contributed by atoms with van der Waals surface area (Å²) >= 11 is 0. The van der Waals surface area contributed by atoms with Crippen molar-refractivity contribution in [3.8, 4) is 0 Å². The van der Waals surface area contributed by atoms with Crippen molar-refractivity contribution >= 4 is 11.6 Å². The number of para-hydroxylation sites is 1. The zero-order valence-electron chi connectivity index (χ0n) is 13.0. The molecule has 1 aliphatic heterocycles. The van der Waals surface area contributed by atoms with E-state index in [1.54, 1.807) is 12.1 Å². The fourth-order valence-corrected chi connectivity index (χ4v) is 3.29. The van der Waals surface area contributed by atoms with Crippen LogP contribution in [0.2, 0.25) is 0 Å². The van der Waals surface area contributed by atoms with E-state index < -0.39 is 0 Å². The molecule has 0 bridgehead atoms. The Balaban J connectivity index is 1.75. The third kappa shape index (κ3) is 2.48. The van der Waals surface area contributed by atoms with Gasteiger partial charge in [-0.25, -0.2) is 4.39 Å². The van der Waals surface area contributed by atoms with Crippen LogP contribution in [0, 0.1) is 5.82 Å². The van der Waals surface area contributed by atoms with Crippen LogP contribution in [-0.4, -0.2) is 5.91 Å². The van der Waals surface area contributed by atoms with E-state index in [4.69, 9.17) is 0 Å². The molecule has 0 aliphatic carbocycles. The highest BCUT2D eigenvalue weighted by atomic mass is 19.1. The lowest BCUT2D eigenvalue weighted by Crippen LogP contribution is -2.28. The van der Waals surface area contributed by atoms with Crippen molar-refractivity contribution in [3.63, 3.8) is 0 Å². The van der Waals surface area contributed by atoms with Crippen LogP contribution in [0.15, 0.2) is 78.9 Å². The third-order valence-electron chi connectivity index (χ3n) is 4.44. The van der Waals surface area contributed by atoms with Crippen LogP contribution in [-0.2, 0) is 11.3 Å². The maximum Gasteiger partial charge on any atom is 0.239 e. The average molecular weight is 317 g/mol. The Labute approximate surface area is 140 Å². The van der Waals surface area contributed by atoms with Crippen LogP contribution in [0.25, 0.3) is 0 Å². The molecule has 3 heteroatoms. The topological polar surface area (TPSA) is 20.3 Å². The highest BCUT2D eigenvalue weighted by Gasteiger charge is 2.37. The second-order valence-electron chi connectivity index (χ2n) is 5.95. The van der Waals surface area contributed by atoms with Gasteiger partial charge < -0.3 is 4.90 Å². The minimum atomic E-state index is -0.370. The van der Waals surface area contributed by atoms with Crippen molar-refractivity contribution < 1.29 is 9.18 Å². The van der Waals surface area contributed by atoms with Gasteiger partial charge in [0.1, 0.15) is 5.82 Å². The van der Waals surface area contributed by atoms with Crippen LogP contribution in [0.1, 0.15) is 22.6 Å². The van der Waals surface area contributed by atoms with Gasteiger partial charge in [0.05, 0.1) is 12.5 Å². The van der Waals surface area contributed by atoms with E-state index in [0.29, 0.717) is 6.54 Å². The maximum atomic E-state index is 13.2. The van der Waals surface area contributed by atoms with Gasteiger partial charge in [-0.3, -0.25) is 4.79 Å². The second-order valence-corrected chi connectivity index (χ2v) is 5.95. The molecule has 3 aromatic carbocycles. The SMILES string of the molecule is O=C1C(c2ccc(F)cc2)c2ccccc2N1Cc1ccccc1. The fourth-order valence-electron chi connectivity index (χ4n) is 3.29. The van der Waals surface area contributed by atoms with Crippen LogP contribution in [0.4, 0.5) is 10.1 Å². The molecule has 4 rings (SSSR count). The monoisotopic (exact) mass is 317 g/mol. The molecule has 1 amide bonds. The summed E-state index contributed by atoms with van der Waals surface area (Å²) in [6, 6.07) is 24.0. The van der Waals surface area contributed by atoms with Gasteiger partial charge in [-0.1, -0.05) is 60.7 Å². The van der Waals surface area contributed by atoms with Gasteiger partial charge >= 0.3 is 0 Å². The highest BCUT2D eigenvalue weighted by Crippen LogP contribution is 2.41. The number of benzene rings is 3. The number of halogens is 1. The maximum absolute atomic E-state index is 13.2. The van der Waals surface area contributed by atoms with Gasteiger partial charge in [-0.05, 0) is 34.9 Å².